The zero-order chi connectivity index (χ0) is 34.2. The third kappa shape index (κ3) is 5.35. The minimum Gasteiger partial charge on any atom is -0.310 e. The summed E-state index contributed by atoms with van der Waals surface area (Å²) in [6.07, 6.45) is 0. The van der Waals surface area contributed by atoms with Crippen LogP contribution in [-0.4, -0.2) is 0 Å². The van der Waals surface area contributed by atoms with E-state index < -0.39 is 0 Å². The Bertz CT molecular complexity index is 2450. The largest absolute Gasteiger partial charge is 0.310 e. The fourth-order valence-corrected chi connectivity index (χ4v) is 7.98. The van der Waals surface area contributed by atoms with Crippen LogP contribution < -0.4 is 4.90 Å². The molecule has 0 aliphatic heterocycles. The summed E-state index contributed by atoms with van der Waals surface area (Å²) < 4.78 is 0. The summed E-state index contributed by atoms with van der Waals surface area (Å²) in [5.41, 5.74) is 16.8. The van der Waals surface area contributed by atoms with Crippen LogP contribution in [0.2, 0.25) is 0 Å². The van der Waals surface area contributed by atoms with Crippen molar-refractivity contribution in [3.8, 4) is 44.5 Å². The molecule has 8 aromatic rings. The summed E-state index contributed by atoms with van der Waals surface area (Å²) in [6.45, 7) is 2.39. The first-order chi connectivity index (χ1) is 25.2. The molecule has 1 aliphatic carbocycles. The Morgan fingerprint density at radius 3 is 1.41 bits per heavy atom. The van der Waals surface area contributed by atoms with E-state index in [0.717, 1.165) is 17.1 Å². The van der Waals surface area contributed by atoms with Crippen LogP contribution in [0.5, 0.6) is 0 Å². The van der Waals surface area contributed by atoms with Crippen LogP contribution in [0.25, 0.3) is 44.5 Å². The first-order valence-corrected chi connectivity index (χ1v) is 17.7. The molecule has 8 aromatic carbocycles. The van der Waals surface area contributed by atoms with E-state index in [-0.39, 0.29) is 5.41 Å². The second-order valence-corrected chi connectivity index (χ2v) is 13.5. The summed E-state index contributed by atoms with van der Waals surface area (Å²) in [7, 11) is 0. The first-order valence-electron chi connectivity index (χ1n) is 17.7. The van der Waals surface area contributed by atoms with Crippen LogP contribution in [0.15, 0.2) is 206 Å². The lowest BCUT2D eigenvalue weighted by molar-refractivity contribution is 0.714. The van der Waals surface area contributed by atoms with Crippen molar-refractivity contribution >= 4 is 17.1 Å². The van der Waals surface area contributed by atoms with Crippen LogP contribution in [0.1, 0.15) is 23.6 Å². The quantitative estimate of drug-likeness (QED) is 0.166. The van der Waals surface area contributed by atoms with Gasteiger partial charge in [-0.3, -0.25) is 0 Å². The molecule has 0 aromatic heterocycles. The number of hydrogen-bond acceptors (Lipinski definition) is 1. The van der Waals surface area contributed by atoms with Crippen molar-refractivity contribution in [3.63, 3.8) is 0 Å². The van der Waals surface area contributed by atoms with Gasteiger partial charge in [-0.25, -0.2) is 0 Å². The summed E-state index contributed by atoms with van der Waals surface area (Å²) in [5, 5.41) is 0. The van der Waals surface area contributed by atoms with E-state index in [1.807, 2.05) is 0 Å². The van der Waals surface area contributed by atoms with Crippen molar-refractivity contribution in [2.75, 3.05) is 4.90 Å². The molecule has 0 N–H and O–H groups in total. The van der Waals surface area contributed by atoms with E-state index >= 15 is 0 Å². The molecule has 0 fully saturated rings. The van der Waals surface area contributed by atoms with E-state index in [2.05, 4.69) is 218 Å². The number of hydrogen-bond donors (Lipinski definition) is 0. The topological polar surface area (TPSA) is 3.24 Å². The highest BCUT2D eigenvalue weighted by Crippen LogP contribution is 2.54. The summed E-state index contributed by atoms with van der Waals surface area (Å²) in [6, 6.07) is 74.9. The highest BCUT2D eigenvalue weighted by molar-refractivity contribution is 5.91. The molecule has 1 heteroatoms. The standard InChI is InChI=1S/C50H37N/c1-50(40-22-12-5-13-23-40)48-25-15-14-24-45(48)46-33-31-43(35-49(46)50)51(41-28-26-37(27-29-41)36-16-6-2-7-17-36)42-30-32-44(38-18-8-3-9-19-38)47(34-42)39-20-10-4-11-21-39/h2-35H,1H3. The second kappa shape index (κ2) is 12.8. The van der Waals surface area contributed by atoms with Gasteiger partial charge in [0.1, 0.15) is 0 Å². The molecular formula is C50H37N. The molecule has 1 atom stereocenters. The van der Waals surface area contributed by atoms with Crippen molar-refractivity contribution in [1.82, 2.24) is 0 Å². The molecule has 0 saturated carbocycles. The van der Waals surface area contributed by atoms with Gasteiger partial charge in [0.05, 0.1) is 0 Å². The lowest BCUT2D eigenvalue weighted by Gasteiger charge is -2.31. The SMILES string of the molecule is CC1(c2ccccc2)c2ccccc2-c2ccc(N(c3ccc(-c4ccccc4)cc3)c3ccc(-c4ccccc4)c(-c4ccccc4)c3)cc21. The minimum atomic E-state index is -0.293. The highest BCUT2D eigenvalue weighted by atomic mass is 15.1. The monoisotopic (exact) mass is 651 g/mol. The zero-order valence-corrected chi connectivity index (χ0v) is 28.6. The minimum absolute atomic E-state index is 0.293. The average Bonchev–Trinajstić information content (AvgIpc) is 3.47. The third-order valence-electron chi connectivity index (χ3n) is 10.6. The molecule has 0 saturated heterocycles. The molecule has 0 amide bonds. The molecule has 1 aliphatic rings. The Morgan fingerprint density at radius 2 is 0.765 bits per heavy atom. The summed E-state index contributed by atoms with van der Waals surface area (Å²) in [4.78, 5) is 2.42. The lowest BCUT2D eigenvalue weighted by Crippen LogP contribution is -2.22. The van der Waals surface area contributed by atoms with Crippen LogP contribution in [-0.2, 0) is 5.41 Å². The number of anilines is 3. The van der Waals surface area contributed by atoms with Crippen molar-refractivity contribution in [1.29, 1.82) is 0 Å². The van der Waals surface area contributed by atoms with Gasteiger partial charge in [0.15, 0.2) is 0 Å². The van der Waals surface area contributed by atoms with E-state index in [0.29, 0.717) is 0 Å². The van der Waals surface area contributed by atoms with Crippen molar-refractivity contribution in [3.05, 3.63) is 223 Å². The summed E-state index contributed by atoms with van der Waals surface area (Å²) in [5.74, 6) is 0. The molecule has 0 heterocycles. The number of benzene rings is 8. The molecule has 1 unspecified atom stereocenters. The van der Waals surface area contributed by atoms with Gasteiger partial charge >= 0.3 is 0 Å². The number of rotatable bonds is 7. The van der Waals surface area contributed by atoms with Gasteiger partial charge in [0.2, 0.25) is 0 Å². The fourth-order valence-electron chi connectivity index (χ4n) is 7.98. The van der Waals surface area contributed by atoms with E-state index in [9.17, 15) is 0 Å². The van der Waals surface area contributed by atoms with Crippen molar-refractivity contribution < 1.29 is 0 Å². The van der Waals surface area contributed by atoms with E-state index in [1.54, 1.807) is 0 Å². The van der Waals surface area contributed by atoms with Crippen LogP contribution in [0.4, 0.5) is 17.1 Å². The Labute approximate surface area is 300 Å². The van der Waals surface area contributed by atoms with Gasteiger partial charge in [-0.1, -0.05) is 170 Å². The van der Waals surface area contributed by atoms with E-state index in [1.165, 1.54) is 61.2 Å². The number of nitrogens with zero attached hydrogens (tertiary/aromatic N) is 1. The Balaban J connectivity index is 1.26. The van der Waals surface area contributed by atoms with Crippen molar-refractivity contribution in [2.45, 2.75) is 12.3 Å². The predicted molar refractivity (Wildman–Crippen MR) is 215 cm³/mol. The highest BCUT2D eigenvalue weighted by Gasteiger charge is 2.41. The van der Waals surface area contributed by atoms with E-state index in [4.69, 9.17) is 0 Å². The predicted octanol–water partition coefficient (Wildman–Crippen LogP) is 13.5. The molecule has 51 heavy (non-hydrogen) atoms. The smallest absolute Gasteiger partial charge is 0.0468 e. The van der Waals surface area contributed by atoms with Gasteiger partial charge in [0, 0.05) is 22.5 Å². The molecule has 0 bridgehead atoms. The molecule has 0 spiro atoms. The molecular weight excluding hydrogens is 615 g/mol. The maximum Gasteiger partial charge on any atom is 0.0468 e. The lowest BCUT2D eigenvalue weighted by atomic mass is 9.74. The van der Waals surface area contributed by atoms with Gasteiger partial charge < -0.3 is 4.90 Å². The second-order valence-electron chi connectivity index (χ2n) is 13.5. The third-order valence-corrected chi connectivity index (χ3v) is 10.6. The normalized spacial score (nSPS) is 14.5. The average molecular weight is 652 g/mol. The Morgan fingerprint density at radius 1 is 0.314 bits per heavy atom. The molecule has 0 radical (unpaired) electrons. The van der Waals surface area contributed by atoms with Gasteiger partial charge in [-0.05, 0) is 105 Å². The van der Waals surface area contributed by atoms with Crippen LogP contribution in [0.3, 0.4) is 0 Å². The molecule has 1 nitrogen and oxygen atoms in total. The van der Waals surface area contributed by atoms with Gasteiger partial charge in [-0.2, -0.15) is 0 Å². The molecule has 242 valence electrons. The first kappa shape index (κ1) is 30.6. The van der Waals surface area contributed by atoms with Gasteiger partial charge in [-0.15, -0.1) is 0 Å². The maximum atomic E-state index is 2.43. The summed E-state index contributed by atoms with van der Waals surface area (Å²) >= 11 is 0. The number of fused-ring (bicyclic) bond motifs is 3. The Hall–Kier alpha value is -6.44. The zero-order valence-electron chi connectivity index (χ0n) is 28.6. The van der Waals surface area contributed by atoms with Crippen LogP contribution >= 0.6 is 0 Å². The van der Waals surface area contributed by atoms with Gasteiger partial charge in [0.25, 0.3) is 0 Å². The maximum absolute atomic E-state index is 2.43. The fraction of sp³-hybridized carbons (Fsp3) is 0.0400. The molecule has 9 rings (SSSR count). The van der Waals surface area contributed by atoms with Crippen LogP contribution in [0, 0.1) is 0 Å². The Kier molecular flexibility index (Phi) is 7.67. The van der Waals surface area contributed by atoms with Crippen molar-refractivity contribution in [2.24, 2.45) is 0 Å².